The van der Waals surface area contributed by atoms with Gasteiger partial charge in [-0.2, -0.15) is 5.01 Å². The zero-order valence-electron chi connectivity index (χ0n) is 10.9. The number of hydrogen-bond donors (Lipinski definition) is 1. The summed E-state index contributed by atoms with van der Waals surface area (Å²) in [7, 11) is 0. The largest absolute Gasteiger partial charge is 0.288 e. The average molecular weight is 256 g/mol. The lowest BCUT2D eigenvalue weighted by Gasteiger charge is -2.17. The molecule has 0 radical (unpaired) electrons. The lowest BCUT2D eigenvalue weighted by atomic mass is 9.93. The molecule has 1 aromatic rings. The number of carbonyl (C=O) groups is 2. The molecule has 1 N–H and O–H groups in total. The first-order chi connectivity index (χ1) is 9.16. The Morgan fingerprint density at radius 3 is 2.26 bits per heavy atom. The summed E-state index contributed by atoms with van der Waals surface area (Å²) in [6, 6.07) is 7.64. The van der Waals surface area contributed by atoms with Crippen LogP contribution in [0.2, 0.25) is 0 Å². The standard InChI is InChI=1S/C15H16N2O2/c1-10-5-4-6-11(9-10)16-17-14(18)12-7-2-3-8-13(12)15(17)19/h4-6,9,16H,2-3,7-8H2,1H3. The Balaban J connectivity index is 1.84. The fraction of sp³-hybridized carbons (Fsp3) is 0.333. The van der Waals surface area contributed by atoms with Crippen molar-refractivity contribution >= 4 is 17.5 Å². The lowest BCUT2D eigenvalue weighted by molar-refractivity contribution is -0.136. The molecule has 0 unspecified atom stereocenters. The third-order valence-electron chi connectivity index (χ3n) is 3.65. The number of amides is 2. The van der Waals surface area contributed by atoms with Crippen LogP contribution in [0.3, 0.4) is 0 Å². The number of hydrazine groups is 1. The fourth-order valence-corrected chi connectivity index (χ4v) is 2.68. The van der Waals surface area contributed by atoms with E-state index in [1.807, 2.05) is 31.2 Å². The number of benzene rings is 1. The van der Waals surface area contributed by atoms with Crippen molar-refractivity contribution in [1.29, 1.82) is 0 Å². The maximum absolute atomic E-state index is 12.2. The van der Waals surface area contributed by atoms with Crippen LogP contribution >= 0.6 is 0 Å². The molecule has 19 heavy (non-hydrogen) atoms. The van der Waals surface area contributed by atoms with E-state index in [0.29, 0.717) is 11.1 Å². The number of aryl methyl sites for hydroxylation is 1. The van der Waals surface area contributed by atoms with Gasteiger partial charge in [0.05, 0.1) is 5.69 Å². The highest BCUT2D eigenvalue weighted by Gasteiger charge is 2.39. The number of imide groups is 1. The highest BCUT2D eigenvalue weighted by Crippen LogP contribution is 2.33. The zero-order chi connectivity index (χ0) is 13.4. The van der Waals surface area contributed by atoms with Gasteiger partial charge in [0.25, 0.3) is 11.8 Å². The molecule has 3 rings (SSSR count). The van der Waals surface area contributed by atoms with Crippen molar-refractivity contribution in [3.05, 3.63) is 41.0 Å². The van der Waals surface area contributed by atoms with Crippen LogP contribution in [0.4, 0.5) is 5.69 Å². The first-order valence-electron chi connectivity index (χ1n) is 6.61. The maximum atomic E-state index is 12.2. The van der Waals surface area contributed by atoms with E-state index in [2.05, 4.69) is 5.43 Å². The number of rotatable bonds is 2. The van der Waals surface area contributed by atoms with Crippen LogP contribution < -0.4 is 5.43 Å². The van der Waals surface area contributed by atoms with E-state index in [1.54, 1.807) is 0 Å². The molecule has 0 spiro atoms. The molecule has 2 aliphatic rings. The lowest BCUT2D eigenvalue weighted by Crippen LogP contribution is -2.37. The molecule has 2 amide bonds. The van der Waals surface area contributed by atoms with Gasteiger partial charge in [-0.15, -0.1) is 0 Å². The third-order valence-corrected chi connectivity index (χ3v) is 3.65. The van der Waals surface area contributed by atoms with E-state index >= 15 is 0 Å². The van der Waals surface area contributed by atoms with Gasteiger partial charge in [-0.1, -0.05) is 12.1 Å². The van der Waals surface area contributed by atoms with Crippen LogP contribution in [0.15, 0.2) is 35.4 Å². The van der Waals surface area contributed by atoms with Gasteiger partial charge in [0.2, 0.25) is 0 Å². The van der Waals surface area contributed by atoms with E-state index in [0.717, 1.165) is 41.9 Å². The minimum atomic E-state index is -0.179. The van der Waals surface area contributed by atoms with Gasteiger partial charge in [-0.05, 0) is 50.3 Å². The summed E-state index contributed by atoms with van der Waals surface area (Å²) in [5.74, 6) is -0.359. The van der Waals surface area contributed by atoms with Gasteiger partial charge in [-0.25, -0.2) is 0 Å². The first kappa shape index (κ1) is 12.0. The predicted octanol–water partition coefficient (Wildman–Crippen LogP) is 2.56. The summed E-state index contributed by atoms with van der Waals surface area (Å²) in [5, 5.41) is 1.16. The number of anilines is 1. The van der Waals surface area contributed by atoms with Crippen LogP contribution in [0, 0.1) is 6.92 Å². The number of nitrogens with one attached hydrogen (secondary N) is 1. The Kier molecular flexibility index (Phi) is 2.85. The van der Waals surface area contributed by atoms with Crippen LogP contribution in [-0.4, -0.2) is 16.8 Å². The van der Waals surface area contributed by atoms with Crippen molar-refractivity contribution in [1.82, 2.24) is 5.01 Å². The molecule has 0 saturated carbocycles. The molecule has 1 aliphatic carbocycles. The summed E-state index contributed by atoms with van der Waals surface area (Å²) in [4.78, 5) is 24.4. The van der Waals surface area contributed by atoms with E-state index in [-0.39, 0.29) is 11.8 Å². The smallest absolute Gasteiger partial charge is 0.276 e. The quantitative estimate of drug-likeness (QED) is 0.827. The Hall–Kier alpha value is -2.10. The van der Waals surface area contributed by atoms with Gasteiger partial charge in [0.15, 0.2) is 0 Å². The van der Waals surface area contributed by atoms with Gasteiger partial charge in [0, 0.05) is 11.1 Å². The topological polar surface area (TPSA) is 49.4 Å². The third kappa shape index (κ3) is 2.03. The molecular formula is C15H16N2O2. The van der Waals surface area contributed by atoms with Gasteiger partial charge in [-0.3, -0.25) is 15.0 Å². The molecule has 0 atom stereocenters. The van der Waals surface area contributed by atoms with E-state index in [1.165, 1.54) is 0 Å². The molecule has 0 aromatic heterocycles. The maximum Gasteiger partial charge on any atom is 0.276 e. The Morgan fingerprint density at radius 1 is 1.05 bits per heavy atom. The highest BCUT2D eigenvalue weighted by atomic mass is 16.2. The molecule has 1 aromatic carbocycles. The van der Waals surface area contributed by atoms with Gasteiger partial charge >= 0.3 is 0 Å². The Labute approximate surface area is 112 Å². The molecule has 1 aliphatic heterocycles. The number of nitrogens with zero attached hydrogens (tertiary/aromatic N) is 1. The van der Waals surface area contributed by atoms with Crippen LogP contribution in [-0.2, 0) is 9.59 Å². The van der Waals surface area contributed by atoms with Crippen molar-refractivity contribution in [2.75, 3.05) is 5.43 Å². The minimum Gasteiger partial charge on any atom is -0.288 e. The predicted molar refractivity (Wildman–Crippen MR) is 72.1 cm³/mol. The second-order valence-electron chi connectivity index (χ2n) is 5.09. The normalized spacial score (nSPS) is 18.9. The molecule has 1 heterocycles. The summed E-state index contributed by atoms with van der Waals surface area (Å²) >= 11 is 0. The van der Waals surface area contributed by atoms with Crippen LogP contribution in [0.1, 0.15) is 31.2 Å². The van der Waals surface area contributed by atoms with Crippen LogP contribution in [0.25, 0.3) is 0 Å². The average Bonchev–Trinajstić information content (AvgIpc) is 2.65. The molecule has 0 saturated heterocycles. The molecule has 0 bridgehead atoms. The van der Waals surface area contributed by atoms with E-state index in [9.17, 15) is 9.59 Å². The fourth-order valence-electron chi connectivity index (χ4n) is 2.68. The summed E-state index contributed by atoms with van der Waals surface area (Å²) in [5.41, 5.74) is 6.19. The van der Waals surface area contributed by atoms with Crippen molar-refractivity contribution in [3.63, 3.8) is 0 Å². The van der Waals surface area contributed by atoms with E-state index in [4.69, 9.17) is 0 Å². The number of carbonyl (C=O) groups excluding carboxylic acids is 2. The Morgan fingerprint density at radius 2 is 1.68 bits per heavy atom. The monoisotopic (exact) mass is 256 g/mol. The van der Waals surface area contributed by atoms with Crippen LogP contribution in [0.5, 0.6) is 0 Å². The molecule has 0 fully saturated rings. The molecule has 4 nitrogen and oxygen atoms in total. The van der Waals surface area contributed by atoms with E-state index < -0.39 is 0 Å². The molecule has 4 heteroatoms. The van der Waals surface area contributed by atoms with Crippen molar-refractivity contribution in [2.24, 2.45) is 0 Å². The van der Waals surface area contributed by atoms with Crippen molar-refractivity contribution in [2.45, 2.75) is 32.6 Å². The Bertz CT molecular complexity index is 562. The summed E-state index contributed by atoms with van der Waals surface area (Å²) < 4.78 is 0. The molecule has 98 valence electrons. The van der Waals surface area contributed by atoms with Crippen molar-refractivity contribution < 1.29 is 9.59 Å². The van der Waals surface area contributed by atoms with Gasteiger partial charge < -0.3 is 0 Å². The second-order valence-corrected chi connectivity index (χ2v) is 5.09. The zero-order valence-corrected chi connectivity index (χ0v) is 10.9. The second kappa shape index (κ2) is 4.53. The minimum absolute atomic E-state index is 0.179. The molecular weight excluding hydrogens is 240 g/mol. The first-order valence-corrected chi connectivity index (χ1v) is 6.61. The van der Waals surface area contributed by atoms with Crippen molar-refractivity contribution in [3.8, 4) is 0 Å². The summed E-state index contributed by atoms with van der Waals surface area (Å²) in [6.07, 6.45) is 3.45. The van der Waals surface area contributed by atoms with Gasteiger partial charge in [0.1, 0.15) is 0 Å². The summed E-state index contributed by atoms with van der Waals surface area (Å²) in [6.45, 7) is 1.97. The number of hydrogen-bond acceptors (Lipinski definition) is 3. The SMILES string of the molecule is Cc1cccc(NN2C(=O)C3=C(CCCC3)C2=O)c1. The highest BCUT2D eigenvalue weighted by molar-refractivity contribution is 6.20.